The molecule has 1 heterocycles. The first-order chi connectivity index (χ1) is 10.0. The summed E-state index contributed by atoms with van der Waals surface area (Å²) in [5, 5.41) is 7.94. The van der Waals surface area contributed by atoms with Crippen molar-refractivity contribution in [3.05, 3.63) is 46.3 Å². The van der Waals surface area contributed by atoms with E-state index < -0.39 is 5.97 Å². The van der Waals surface area contributed by atoms with Crippen LogP contribution in [-0.4, -0.2) is 27.6 Å². The smallest absolute Gasteiger partial charge is 0.360 e. The minimum Gasteiger partial charge on any atom is -0.461 e. The third-order valence-corrected chi connectivity index (χ3v) is 3.11. The van der Waals surface area contributed by atoms with Gasteiger partial charge in [0.15, 0.2) is 5.69 Å². The zero-order valence-electron chi connectivity index (χ0n) is 12.6. The van der Waals surface area contributed by atoms with Crippen LogP contribution in [0.1, 0.15) is 39.8 Å². The Labute approximate surface area is 123 Å². The zero-order valence-corrected chi connectivity index (χ0v) is 12.6. The van der Waals surface area contributed by atoms with E-state index in [4.69, 9.17) is 10.5 Å². The largest absolute Gasteiger partial charge is 0.461 e. The normalized spacial score (nSPS) is 10.7. The second-order valence-electron chi connectivity index (χ2n) is 4.96. The SMILES string of the molecule is CCOC(=O)c1nnn(Cc2cc(C)cc(C)c2)c1CN. The highest BCUT2D eigenvalue weighted by atomic mass is 16.5. The van der Waals surface area contributed by atoms with Crippen molar-refractivity contribution in [3.8, 4) is 0 Å². The van der Waals surface area contributed by atoms with E-state index >= 15 is 0 Å². The minimum atomic E-state index is -0.482. The number of nitrogens with two attached hydrogens (primary N) is 1. The van der Waals surface area contributed by atoms with Crippen LogP contribution in [0.15, 0.2) is 18.2 Å². The number of hydrogen-bond acceptors (Lipinski definition) is 5. The van der Waals surface area contributed by atoms with E-state index in [9.17, 15) is 4.79 Å². The molecule has 0 aliphatic carbocycles. The van der Waals surface area contributed by atoms with Crippen molar-refractivity contribution in [2.75, 3.05) is 6.61 Å². The highest BCUT2D eigenvalue weighted by Gasteiger charge is 2.19. The molecule has 0 amide bonds. The van der Waals surface area contributed by atoms with Crippen LogP contribution in [0.3, 0.4) is 0 Å². The van der Waals surface area contributed by atoms with Gasteiger partial charge in [0.25, 0.3) is 0 Å². The maximum absolute atomic E-state index is 11.8. The molecule has 2 N–H and O–H groups in total. The maximum Gasteiger partial charge on any atom is 0.360 e. The van der Waals surface area contributed by atoms with Crippen molar-refractivity contribution in [3.63, 3.8) is 0 Å². The second-order valence-corrected chi connectivity index (χ2v) is 4.96. The lowest BCUT2D eigenvalue weighted by Gasteiger charge is -2.08. The molecule has 1 aromatic carbocycles. The third-order valence-electron chi connectivity index (χ3n) is 3.11. The van der Waals surface area contributed by atoms with Crippen LogP contribution in [0.5, 0.6) is 0 Å². The van der Waals surface area contributed by atoms with Gasteiger partial charge in [0.2, 0.25) is 0 Å². The quantitative estimate of drug-likeness (QED) is 0.845. The van der Waals surface area contributed by atoms with Gasteiger partial charge in [-0.3, -0.25) is 0 Å². The predicted molar refractivity (Wildman–Crippen MR) is 78.9 cm³/mol. The number of carbonyl (C=O) groups is 1. The Balaban J connectivity index is 2.30. The Morgan fingerprint density at radius 1 is 1.29 bits per heavy atom. The fourth-order valence-corrected chi connectivity index (χ4v) is 2.35. The van der Waals surface area contributed by atoms with Gasteiger partial charge in [-0.25, -0.2) is 9.48 Å². The van der Waals surface area contributed by atoms with Crippen molar-refractivity contribution in [2.24, 2.45) is 5.73 Å². The molecule has 0 radical (unpaired) electrons. The number of rotatable bonds is 5. The average Bonchev–Trinajstić information content (AvgIpc) is 2.80. The van der Waals surface area contributed by atoms with Gasteiger partial charge in [0, 0.05) is 6.54 Å². The zero-order chi connectivity index (χ0) is 15.4. The topological polar surface area (TPSA) is 83.0 Å². The molecule has 2 rings (SSSR count). The molecular weight excluding hydrogens is 268 g/mol. The van der Waals surface area contributed by atoms with Crippen LogP contribution < -0.4 is 5.73 Å². The van der Waals surface area contributed by atoms with Crippen LogP contribution in [0.25, 0.3) is 0 Å². The maximum atomic E-state index is 11.8. The van der Waals surface area contributed by atoms with Crippen LogP contribution >= 0.6 is 0 Å². The summed E-state index contributed by atoms with van der Waals surface area (Å²) in [6.45, 7) is 6.86. The van der Waals surface area contributed by atoms with Gasteiger partial charge in [0.05, 0.1) is 18.8 Å². The molecule has 1 aromatic heterocycles. The van der Waals surface area contributed by atoms with E-state index in [1.54, 1.807) is 11.6 Å². The number of aryl methyl sites for hydroxylation is 2. The van der Waals surface area contributed by atoms with Crippen molar-refractivity contribution < 1.29 is 9.53 Å². The van der Waals surface area contributed by atoms with Crippen LogP contribution in [0.2, 0.25) is 0 Å². The van der Waals surface area contributed by atoms with E-state index in [1.165, 1.54) is 11.1 Å². The van der Waals surface area contributed by atoms with Crippen molar-refractivity contribution in [1.29, 1.82) is 0 Å². The molecule has 0 aliphatic rings. The molecule has 0 bridgehead atoms. The summed E-state index contributed by atoms with van der Waals surface area (Å²) < 4.78 is 6.62. The molecule has 0 saturated heterocycles. The van der Waals surface area contributed by atoms with Gasteiger partial charge in [-0.05, 0) is 26.3 Å². The van der Waals surface area contributed by atoms with Gasteiger partial charge in [0.1, 0.15) is 0 Å². The van der Waals surface area contributed by atoms with E-state index in [2.05, 4.69) is 28.5 Å². The molecule has 6 nitrogen and oxygen atoms in total. The summed E-state index contributed by atoms with van der Waals surface area (Å²) in [7, 11) is 0. The molecule has 0 aliphatic heterocycles. The van der Waals surface area contributed by atoms with Gasteiger partial charge in [-0.15, -0.1) is 5.10 Å². The third kappa shape index (κ3) is 3.46. The number of ether oxygens (including phenoxy) is 1. The summed E-state index contributed by atoms with van der Waals surface area (Å²) in [5.74, 6) is -0.482. The molecule has 112 valence electrons. The molecule has 0 unspecified atom stereocenters. The fourth-order valence-electron chi connectivity index (χ4n) is 2.35. The fraction of sp³-hybridized carbons (Fsp3) is 0.400. The molecule has 0 atom stereocenters. The summed E-state index contributed by atoms with van der Waals surface area (Å²) >= 11 is 0. The number of nitrogens with zero attached hydrogens (tertiary/aromatic N) is 3. The summed E-state index contributed by atoms with van der Waals surface area (Å²) in [6.07, 6.45) is 0. The van der Waals surface area contributed by atoms with E-state index in [0.29, 0.717) is 18.8 Å². The molecular formula is C15H20N4O2. The number of benzene rings is 1. The Hall–Kier alpha value is -2.21. The van der Waals surface area contributed by atoms with Crippen molar-refractivity contribution in [1.82, 2.24) is 15.0 Å². The molecule has 0 saturated carbocycles. The van der Waals surface area contributed by atoms with Crippen molar-refractivity contribution >= 4 is 5.97 Å². The van der Waals surface area contributed by atoms with E-state index in [-0.39, 0.29) is 12.2 Å². The number of aromatic nitrogens is 3. The van der Waals surface area contributed by atoms with Crippen LogP contribution in [0, 0.1) is 13.8 Å². The summed E-state index contributed by atoms with van der Waals surface area (Å²) in [6, 6.07) is 6.27. The Kier molecular flexibility index (Phi) is 4.70. The van der Waals surface area contributed by atoms with Crippen molar-refractivity contribution in [2.45, 2.75) is 33.9 Å². The first-order valence-electron chi connectivity index (χ1n) is 6.91. The van der Waals surface area contributed by atoms with Crippen LogP contribution in [-0.2, 0) is 17.8 Å². The van der Waals surface area contributed by atoms with Gasteiger partial charge in [-0.2, -0.15) is 0 Å². The number of carbonyl (C=O) groups excluding carboxylic acids is 1. The Bertz CT molecular complexity index is 629. The number of hydrogen-bond donors (Lipinski definition) is 1. The van der Waals surface area contributed by atoms with Crippen LogP contribution in [0.4, 0.5) is 0 Å². The number of esters is 1. The van der Waals surface area contributed by atoms with Gasteiger partial charge in [-0.1, -0.05) is 34.5 Å². The summed E-state index contributed by atoms with van der Waals surface area (Å²) in [5.41, 5.74) is 9.99. The Morgan fingerprint density at radius 2 is 1.95 bits per heavy atom. The highest BCUT2D eigenvalue weighted by molar-refractivity contribution is 5.88. The molecule has 6 heteroatoms. The lowest BCUT2D eigenvalue weighted by molar-refractivity contribution is 0.0518. The van der Waals surface area contributed by atoms with E-state index in [0.717, 1.165) is 5.56 Å². The molecule has 2 aromatic rings. The van der Waals surface area contributed by atoms with E-state index in [1.807, 2.05) is 13.8 Å². The minimum absolute atomic E-state index is 0.186. The first-order valence-corrected chi connectivity index (χ1v) is 6.91. The van der Waals surface area contributed by atoms with Gasteiger partial charge < -0.3 is 10.5 Å². The summed E-state index contributed by atoms with van der Waals surface area (Å²) in [4.78, 5) is 11.8. The van der Waals surface area contributed by atoms with Gasteiger partial charge >= 0.3 is 5.97 Å². The lowest BCUT2D eigenvalue weighted by atomic mass is 10.1. The molecule has 0 spiro atoms. The second kappa shape index (κ2) is 6.49. The molecule has 21 heavy (non-hydrogen) atoms. The Morgan fingerprint density at radius 3 is 2.52 bits per heavy atom. The monoisotopic (exact) mass is 288 g/mol. The highest BCUT2D eigenvalue weighted by Crippen LogP contribution is 2.13. The average molecular weight is 288 g/mol. The predicted octanol–water partition coefficient (Wildman–Crippen LogP) is 1.58. The lowest BCUT2D eigenvalue weighted by Crippen LogP contribution is -2.15. The standard InChI is InChI=1S/C15H20N4O2/c1-4-21-15(20)14-13(8-16)19(18-17-14)9-12-6-10(2)5-11(3)7-12/h5-7H,4,8-9,16H2,1-3H3. The first kappa shape index (κ1) is 15.2. The molecule has 0 fully saturated rings.